The van der Waals surface area contributed by atoms with E-state index >= 15 is 0 Å². The van der Waals surface area contributed by atoms with Crippen LogP contribution in [-0.2, 0) is 0 Å². The molecule has 1 aromatic rings. The van der Waals surface area contributed by atoms with Crippen LogP contribution in [0.5, 0.6) is 5.75 Å². The lowest BCUT2D eigenvalue weighted by atomic mass is 10.1. The zero-order valence-corrected chi connectivity index (χ0v) is 7.12. The molecule has 0 saturated heterocycles. The first kappa shape index (κ1) is 8.81. The van der Waals surface area contributed by atoms with Crippen molar-refractivity contribution >= 4 is 6.08 Å². The van der Waals surface area contributed by atoms with Crippen LogP contribution in [0.15, 0.2) is 29.8 Å². The van der Waals surface area contributed by atoms with E-state index in [1.165, 1.54) is 0 Å². The summed E-state index contributed by atoms with van der Waals surface area (Å²) in [6.45, 7) is 2.51. The minimum Gasteiger partial charge on any atom is -0.508 e. The van der Waals surface area contributed by atoms with Crippen molar-refractivity contribution in [2.24, 2.45) is 5.73 Å². The summed E-state index contributed by atoms with van der Waals surface area (Å²) < 4.78 is 0. The maximum atomic E-state index is 9.14. The molecule has 0 saturated carbocycles. The number of rotatable bonds is 2. The monoisotopic (exact) mass is 163 g/mol. The third-order valence-corrected chi connectivity index (χ3v) is 1.61. The normalized spacial score (nSPS) is 11.7. The Balaban J connectivity index is 2.89. The van der Waals surface area contributed by atoms with Crippen molar-refractivity contribution in [3.05, 3.63) is 35.4 Å². The SMILES string of the molecule is C/C(=C/c1cccc(O)c1)CN. The van der Waals surface area contributed by atoms with Crippen LogP contribution >= 0.6 is 0 Å². The zero-order valence-electron chi connectivity index (χ0n) is 7.12. The molecule has 0 aliphatic rings. The first-order valence-corrected chi connectivity index (χ1v) is 3.88. The Bertz CT molecular complexity index is 292. The Labute approximate surface area is 72.3 Å². The smallest absolute Gasteiger partial charge is 0.116 e. The molecule has 0 aliphatic carbocycles. The van der Waals surface area contributed by atoms with Crippen LogP contribution in [0.25, 0.3) is 6.08 Å². The van der Waals surface area contributed by atoms with E-state index in [2.05, 4.69) is 0 Å². The molecular formula is C10H13NO. The summed E-state index contributed by atoms with van der Waals surface area (Å²) in [5.41, 5.74) is 7.51. The molecule has 2 nitrogen and oxygen atoms in total. The number of hydrogen-bond donors (Lipinski definition) is 2. The van der Waals surface area contributed by atoms with Crippen molar-refractivity contribution in [2.75, 3.05) is 6.54 Å². The van der Waals surface area contributed by atoms with E-state index in [1.807, 2.05) is 25.1 Å². The second-order valence-electron chi connectivity index (χ2n) is 2.79. The van der Waals surface area contributed by atoms with Gasteiger partial charge in [0.05, 0.1) is 0 Å². The second-order valence-corrected chi connectivity index (χ2v) is 2.79. The fourth-order valence-corrected chi connectivity index (χ4v) is 0.958. The maximum absolute atomic E-state index is 9.14. The molecule has 0 radical (unpaired) electrons. The highest BCUT2D eigenvalue weighted by Gasteiger charge is 1.90. The van der Waals surface area contributed by atoms with Crippen molar-refractivity contribution < 1.29 is 5.11 Å². The number of benzene rings is 1. The Morgan fingerprint density at radius 2 is 2.33 bits per heavy atom. The first-order chi connectivity index (χ1) is 5.72. The van der Waals surface area contributed by atoms with E-state index in [9.17, 15) is 0 Å². The highest BCUT2D eigenvalue weighted by Crippen LogP contribution is 2.13. The average Bonchev–Trinajstić information content (AvgIpc) is 2.04. The zero-order chi connectivity index (χ0) is 8.97. The largest absolute Gasteiger partial charge is 0.508 e. The molecule has 12 heavy (non-hydrogen) atoms. The summed E-state index contributed by atoms with van der Waals surface area (Å²) in [6.07, 6.45) is 1.96. The van der Waals surface area contributed by atoms with Gasteiger partial charge in [-0.2, -0.15) is 0 Å². The molecule has 1 rings (SSSR count). The second kappa shape index (κ2) is 3.93. The van der Waals surface area contributed by atoms with Gasteiger partial charge in [-0.3, -0.25) is 0 Å². The van der Waals surface area contributed by atoms with Crippen LogP contribution in [0.4, 0.5) is 0 Å². The molecule has 3 N–H and O–H groups in total. The number of phenols is 1. The summed E-state index contributed by atoms with van der Waals surface area (Å²) in [5, 5.41) is 9.14. The lowest BCUT2D eigenvalue weighted by molar-refractivity contribution is 0.475. The van der Waals surface area contributed by atoms with Crippen LogP contribution in [0, 0.1) is 0 Å². The van der Waals surface area contributed by atoms with Gasteiger partial charge in [0.1, 0.15) is 5.75 Å². The van der Waals surface area contributed by atoms with E-state index in [1.54, 1.807) is 12.1 Å². The predicted octanol–water partition coefficient (Wildman–Crippen LogP) is 1.75. The fraction of sp³-hybridized carbons (Fsp3) is 0.200. The van der Waals surface area contributed by atoms with Gasteiger partial charge in [0, 0.05) is 6.54 Å². The fourth-order valence-electron chi connectivity index (χ4n) is 0.958. The third kappa shape index (κ3) is 2.40. The molecule has 0 fully saturated rings. The highest BCUT2D eigenvalue weighted by atomic mass is 16.3. The molecule has 2 heteroatoms. The molecule has 0 amide bonds. The molecule has 1 aromatic carbocycles. The molecule has 0 spiro atoms. The molecule has 64 valence electrons. The van der Waals surface area contributed by atoms with Gasteiger partial charge in [-0.1, -0.05) is 23.8 Å². The number of hydrogen-bond acceptors (Lipinski definition) is 2. The summed E-state index contributed by atoms with van der Waals surface area (Å²) in [5.74, 6) is 0.286. The van der Waals surface area contributed by atoms with Crippen molar-refractivity contribution in [3.8, 4) is 5.75 Å². The van der Waals surface area contributed by atoms with Gasteiger partial charge < -0.3 is 10.8 Å². The summed E-state index contributed by atoms with van der Waals surface area (Å²) >= 11 is 0. The third-order valence-electron chi connectivity index (χ3n) is 1.61. The van der Waals surface area contributed by atoms with E-state index < -0.39 is 0 Å². The number of nitrogens with two attached hydrogens (primary N) is 1. The minimum atomic E-state index is 0.286. The number of aromatic hydroxyl groups is 1. The van der Waals surface area contributed by atoms with Gasteiger partial charge in [-0.25, -0.2) is 0 Å². The molecular weight excluding hydrogens is 150 g/mol. The van der Waals surface area contributed by atoms with Crippen LogP contribution < -0.4 is 5.73 Å². The van der Waals surface area contributed by atoms with Gasteiger partial charge in [-0.05, 0) is 24.6 Å². The lowest BCUT2D eigenvalue weighted by Crippen LogP contribution is -1.99. The van der Waals surface area contributed by atoms with Crippen LogP contribution in [-0.4, -0.2) is 11.7 Å². The number of phenolic OH excluding ortho intramolecular Hbond substituents is 1. The van der Waals surface area contributed by atoms with E-state index in [0.29, 0.717) is 6.54 Å². The van der Waals surface area contributed by atoms with Gasteiger partial charge in [0.25, 0.3) is 0 Å². The van der Waals surface area contributed by atoms with Crippen molar-refractivity contribution in [1.29, 1.82) is 0 Å². The molecule has 0 unspecified atom stereocenters. The highest BCUT2D eigenvalue weighted by molar-refractivity contribution is 5.54. The quantitative estimate of drug-likeness (QED) is 0.697. The minimum absolute atomic E-state index is 0.286. The first-order valence-electron chi connectivity index (χ1n) is 3.88. The summed E-state index contributed by atoms with van der Waals surface area (Å²) in [4.78, 5) is 0. The van der Waals surface area contributed by atoms with Crippen molar-refractivity contribution in [1.82, 2.24) is 0 Å². The summed E-state index contributed by atoms with van der Waals surface area (Å²) in [6, 6.07) is 7.10. The van der Waals surface area contributed by atoms with E-state index in [4.69, 9.17) is 10.8 Å². The molecule has 0 heterocycles. The van der Waals surface area contributed by atoms with Gasteiger partial charge in [0.15, 0.2) is 0 Å². The predicted molar refractivity (Wildman–Crippen MR) is 50.8 cm³/mol. The Morgan fingerprint density at radius 1 is 1.58 bits per heavy atom. The summed E-state index contributed by atoms with van der Waals surface area (Å²) in [7, 11) is 0. The van der Waals surface area contributed by atoms with E-state index in [-0.39, 0.29) is 5.75 Å². The van der Waals surface area contributed by atoms with Gasteiger partial charge in [-0.15, -0.1) is 0 Å². The van der Waals surface area contributed by atoms with E-state index in [0.717, 1.165) is 11.1 Å². The van der Waals surface area contributed by atoms with Crippen LogP contribution in [0.2, 0.25) is 0 Å². The van der Waals surface area contributed by atoms with Gasteiger partial charge in [0.2, 0.25) is 0 Å². The molecule has 0 bridgehead atoms. The van der Waals surface area contributed by atoms with Crippen LogP contribution in [0.3, 0.4) is 0 Å². The Kier molecular flexibility index (Phi) is 2.88. The molecule has 0 atom stereocenters. The van der Waals surface area contributed by atoms with Gasteiger partial charge >= 0.3 is 0 Å². The Morgan fingerprint density at radius 3 is 2.92 bits per heavy atom. The maximum Gasteiger partial charge on any atom is 0.116 e. The topological polar surface area (TPSA) is 46.2 Å². The molecule has 0 aromatic heterocycles. The van der Waals surface area contributed by atoms with Crippen LogP contribution in [0.1, 0.15) is 12.5 Å². The Hall–Kier alpha value is -1.28. The van der Waals surface area contributed by atoms with Crippen molar-refractivity contribution in [3.63, 3.8) is 0 Å². The standard InChI is InChI=1S/C10H13NO/c1-8(7-11)5-9-3-2-4-10(12)6-9/h2-6,12H,7,11H2,1H3/b8-5-. The molecule has 0 aliphatic heterocycles. The lowest BCUT2D eigenvalue weighted by Gasteiger charge is -1.97. The van der Waals surface area contributed by atoms with Crippen molar-refractivity contribution in [2.45, 2.75) is 6.92 Å². The average molecular weight is 163 g/mol.